The number of fused-ring (bicyclic) bond motifs is 1. The van der Waals surface area contributed by atoms with Gasteiger partial charge in [0.15, 0.2) is 0 Å². The third kappa shape index (κ3) is 4.69. The number of amides is 3. The summed E-state index contributed by atoms with van der Waals surface area (Å²) >= 11 is 0. The van der Waals surface area contributed by atoms with Gasteiger partial charge in [-0.3, -0.25) is 9.59 Å². The van der Waals surface area contributed by atoms with Gasteiger partial charge >= 0.3 is 6.09 Å². The quantitative estimate of drug-likeness (QED) is 0.758. The highest BCUT2D eigenvalue weighted by Crippen LogP contribution is 2.29. The lowest BCUT2D eigenvalue weighted by atomic mass is 10.0. The van der Waals surface area contributed by atoms with Gasteiger partial charge in [0.2, 0.25) is 5.91 Å². The van der Waals surface area contributed by atoms with Crippen LogP contribution < -0.4 is 5.32 Å². The van der Waals surface area contributed by atoms with E-state index in [4.69, 9.17) is 4.74 Å². The van der Waals surface area contributed by atoms with Crippen LogP contribution in [0.4, 0.5) is 4.79 Å². The van der Waals surface area contributed by atoms with Crippen LogP contribution in [0, 0.1) is 0 Å². The topological polar surface area (TPSA) is 85.4 Å². The standard InChI is InChI=1S/C19H31N5O4/c1-19(2,3)28-18(27)20-8-5-16(25)22-9-6-14(7-10-22)24-13-23-12-21(4)11-15(23)17(24)26/h11,14H,5-10,12-13H2,1-4H3,(H,20,27). The molecular formula is C19H31N5O4. The van der Waals surface area contributed by atoms with Crippen LogP contribution in [0.5, 0.6) is 0 Å². The Morgan fingerprint density at radius 2 is 1.89 bits per heavy atom. The van der Waals surface area contributed by atoms with Crippen molar-refractivity contribution in [3.8, 4) is 0 Å². The molecule has 2 fully saturated rings. The minimum Gasteiger partial charge on any atom is -0.444 e. The number of rotatable bonds is 4. The van der Waals surface area contributed by atoms with Crippen molar-refractivity contribution in [3.05, 3.63) is 11.9 Å². The maximum Gasteiger partial charge on any atom is 0.407 e. The molecule has 3 amide bonds. The number of hydrogen-bond donors (Lipinski definition) is 1. The smallest absolute Gasteiger partial charge is 0.407 e. The minimum absolute atomic E-state index is 0.0206. The Labute approximate surface area is 166 Å². The van der Waals surface area contributed by atoms with E-state index in [2.05, 4.69) is 10.2 Å². The Morgan fingerprint density at radius 3 is 2.50 bits per heavy atom. The highest BCUT2D eigenvalue weighted by atomic mass is 16.6. The summed E-state index contributed by atoms with van der Waals surface area (Å²) in [7, 11) is 1.96. The molecule has 2 saturated heterocycles. The Hall–Kier alpha value is -2.45. The molecule has 28 heavy (non-hydrogen) atoms. The highest BCUT2D eigenvalue weighted by molar-refractivity contribution is 5.95. The van der Waals surface area contributed by atoms with Crippen LogP contribution in [0.2, 0.25) is 0 Å². The van der Waals surface area contributed by atoms with Crippen molar-refractivity contribution in [3.63, 3.8) is 0 Å². The van der Waals surface area contributed by atoms with E-state index in [0.29, 0.717) is 19.8 Å². The van der Waals surface area contributed by atoms with E-state index in [1.807, 2.05) is 27.9 Å². The highest BCUT2D eigenvalue weighted by Gasteiger charge is 2.40. The normalized spacial score (nSPS) is 20.4. The fourth-order valence-electron chi connectivity index (χ4n) is 3.84. The summed E-state index contributed by atoms with van der Waals surface area (Å²) in [6, 6.07) is 0.174. The number of likely N-dealkylation sites (tertiary alicyclic amines) is 1. The number of piperidine rings is 1. The minimum atomic E-state index is -0.552. The second kappa shape index (κ2) is 7.89. The molecule has 0 radical (unpaired) electrons. The first-order chi connectivity index (χ1) is 13.1. The Bertz CT molecular complexity index is 664. The second-order valence-electron chi connectivity index (χ2n) is 8.66. The lowest BCUT2D eigenvalue weighted by Gasteiger charge is -2.36. The van der Waals surface area contributed by atoms with Gasteiger partial charge in [-0.15, -0.1) is 0 Å². The SMILES string of the molecule is CN1C=C2C(=O)N(C3CCN(C(=O)CCNC(=O)OC(C)(C)C)CC3)CN2C1. The van der Waals surface area contributed by atoms with Crippen LogP contribution in [0.25, 0.3) is 0 Å². The molecule has 1 N–H and O–H groups in total. The van der Waals surface area contributed by atoms with Crippen LogP contribution >= 0.6 is 0 Å². The Balaban J connectivity index is 1.39. The van der Waals surface area contributed by atoms with Gasteiger partial charge in [0.1, 0.15) is 11.3 Å². The fraction of sp³-hybridized carbons (Fsp3) is 0.737. The first kappa shape index (κ1) is 20.3. The summed E-state index contributed by atoms with van der Waals surface area (Å²) in [5.74, 6) is 0.114. The third-order valence-electron chi connectivity index (χ3n) is 5.15. The molecule has 0 aromatic heterocycles. The van der Waals surface area contributed by atoms with E-state index in [1.165, 1.54) is 0 Å². The summed E-state index contributed by atoms with van der Waals surface area (Å²) in [4.78, 5) is 44.5. The van der Waals surface area contributed by atoms with Gasteiger partial charge in [0.25, 0.3) is 5.91 Å². The summed E-state index contributed by atoms with van der Waals surface area (Å²) in [6.07, 6.45) is 3.21. The Kier molecular flexibility index (Phi) is 5.71. The van der Waals surface area contributed by atoms with Crippen LogP contribution in [-0.2, 0) is 14.3 Å². The zero-order chi connectivity index (χ0) is 20.5. The number of carbonyl (C=O) groups excluding carboxylic acids is 3. The van der Waals surface area contributed by atoms with Crippen LogP contribution in [-0.4, -0.2) is 89.2 Å². The van der Waals surface area contributed by atoms with E-state index in [9.17, 15) is 14.4 Å². The number of ether oxygens (including phenoxy) is 1. The monoisotopic (exact) mass is 393 g/mol. The van der Waals surface area contributed by atoms with Crippen molar-refractivity contribution in [1.82, 2.24) is 24.9 Å². The van der Waals surface area contributed by atoms with Gasteiger partial charge in [-0.25, -0.2) is 4.79 Å². The molecule has 0 aromatic rings. The van der Waals surface area contributed by atoms with Gasteiger partial charge < -0.3 is 29.7 Å². The van der Waals surface area contributed by atoms with E-state index in [0.717, 1.165) is 25.2 Å². The van der Waals surface area contributed by atoms with Crippen molar-refractivity contribution < 1.29 is 19.1 Å². The first-order valence-electron chi connectivity index (χ1n) is 9.86. The third-order valence-corrected chi connectivity index (χ3v) is 5.15. The maximum absolute atomic E-state index is 12.6. The summed E-state index contributed by atoms with van der Waals surface area (Å²) in [5.41, 5.74) is 0.220. The predicted molar refractivity (Wildman–Crippen MR) is 103 cm³/mol. The molecular weight excluding hydrogens is 362 g/mol. The largest absolute Gasteiger partial charge is 0.444 e. The van der Waals surface area contributed by atoms with E-state index < -0.39 is 11.7 Å². The van der Waals surface area contributed by atoms with E-state index in [1.54, 1.807) is 20.8 Å². The molecule has 0 aromatic carbocycles. The number of nitrogens with zero attached hydrogens (tertiary/aromatic N) is 4. The van der Waals surface area contributed by atoms with Gasteiger partial charge in [-0.05, 0) is 33.6 Å². The molecule has 0 unspecified atom stereocenters. The fourth-order valence-corrected chi connectivity index (χ4v) is 3.84. The van der Waals surface area contributed by atoms with Gasteiger partial charge in [-0.1, -0.05) is 0 Å². The van der Waals surface area contributed by atoms with Crippen LogP contribution in [0.3, 0.4) is 0 Å². The van der Waals surface area contributed by atoms with Crippen LogP contribution in [0.1, 0.15) is 40.0 Å². The zero-order valence-corrected chi connectivity index (χ0v) is 17.2. The van der Waals surface area contributed by atoms with Gasteiger partial charge in [0, 0.05) is 45.3 Å². The van der Waals surface area contributed by atoms with Crippen molar-refractivity contribution in [2.45, 2.75) is 51.7 Å². The molecule has 3 aliphatic heterocycles. The van der Waals surface area contributed by atoms with Gasteiger partial charge in [0.05, 0.1) is 13.3 Å². The van der Waals surface area contributed by atoms with E-state index in [-0.39, 0.29) is 30.8 Å². The summed E-state index contributed by atoms with van der Waals surface area (Å²) in [5, 5.41) is 2.62. The molecule has 9 heteroatoms. The predicted octanol–water partition coefficient (Wildman–Crippen LogP) is 0.738. The van der Waals surface area contributed by atoms with Crippen molar-refractivity contribution in [1.29, 1.82) is 0 Å². The summed E-state index contributed by atoms with van der Waals surface area (Å²) in [6.45, 7) is 8.31. The molecule has 3 heterocycles. The number of nitrogens with one attached hydrogen (secondary N) is 1. The number of carbonyl (C=O) groups is 3. The molecule has 0 saturated carbocycles. The number of hydrogen-bond acceptors (Lipinski definition) is 6. The molecule has 0 spiro atoms. The van der Waals surface area contributed by atoms with Crippen molar-refractivity contribution >= 4 is 17.9 Å². The second-order valence-corrected chi connectivity index (χ2v) is 8.66. The molecule has 3 rings (SSSR count). The molecule has 0 atom stereocenters. The lowest BCUT2D eigenvalue weighted by molar-refractivity contribution is -0.133. The molecule has 3 aliphatic rings. The molecule has 0 bridgehead atoms. The van der Waals surface area contributed by atoms with Gasteiger partial charge in [-0.2, -0.15) is 0 Å². The zero-order valence-electron chi connectivity index (χ0n) is 17.2. The average molecular weight is 393 g/mol. The van der Waals surface area contributed by atoms with E-state index >= 15 is 0 Å². The van der Waals surface area contributed by atoms with Crippen LogP contribution in [0.15, 0.2) is 11.9 Å². The molecule has 156 valence electrons. The lowest BCUT2D eigenvalue weighted by Crippen LogP contribution is -2.48. The molecule has 0 aliphatic carbocycles. The molecule has 9 nitrogen and oxygen atoms in total. The first-order valence-corrected chi connectivity index (χ1v) is 9.86. The average Bonchev–Trinajstić information content (AvgIpc) is 3.11. The van der Waals surface area contributed by atoms with Crippen molar-refractivity contribution in [2.75, 3.05) is 40.0 Å². The Morgan fingerprint density at radius 1 is 1.21 bits per heavy atom. The van der Waals surface area contributed by atoms with Crippen molar-refractivity contribution in [2.24, 2.45) is 0 Å². The maximum atomic E-state index is 12.6. The summed E-state index contributed by atoms with van der Waals surface area (Å²) < 4.78 is 5.16. The number of alkyl carbamates (subject to hydrolysis) is 1.